The van der Waals surface area contributed by atoms with E-state index < -0.39 is 0 Å². The summed E-state index contributed by atoms with van der Waals surface area (Å²) in [6.07, 6.45) is 10.8. The summed E-state index contributed by atoms with van der Waals surface area (Å²) < 4.78 is 10.5. The molecule has 0 aromatic rings. The maximum absolute atomic E-state index is 5.25. The highest BCUT2D eigenvalue weighted by molar-refractivity contribution is 4.57. The largest absolute Gasteiger partial charge is 0.356 e. The predicted molar refractivity (Wildman–Crippen MR) is 69.6 cm³/mol. The van der Waals surface area contributed by atoms with Gasteiger partial charge in [0.05, 0.1) is 0 Å². The first-order chi connectivity index (χ1) is 7.76. The minimum atomic E-state index is -0.0277. The fourth-order valence-electron chi connectivity index (χ4n) is 2.12. The quantitative estimate of drug-likeness (QED) is 0.387. The fraction of sp³-hybridized carbons (Fsp3) is 1.00. The molecule has 0 rings (SSSR count). The van der Waals surface area contributed by atoms with Crippen LogP contribution < -0.4 is 0 Å². The van der Waals surface area contributed by atoms with Crippen molar-refractivity contribution >= 4 is 0 Å². The Labute approximate surface area is 102 Å². The first-order valence-corrected chi connectivity index (χ1v) is 6.81. The maximum atomic E-state index is 5.25. The second-order valence-corrected chi connectivity index (χ2v) is 4.73. The maximum Gasteiger partial charge on any atom is 0.159 e. The van der Waals surface area contributed by atoms with Gasteiger partial charge in [-0.15, -0.1) is 0 Å². The number of hydrogen-bond donors (Lipinski definition) is 0. The zero-order valence-electron chi connectivity index (χ0n) is 11.6. The lowest BCUT2D eigenvalue weighted by Crippen LogP contribution is -2.22. The molecule has 2 heteroatoms. The SMILES string of the molecule is CCCCCCCCC[C@H](C)C(OC)OC. The van der Waals surface area contributed by atoms with Crippen LogP contribution in [0.2, 0.25) is 0 Å². The van der Waals surface area contributed by atoms with E-state index in [2.05, 4.69) is 13.8 Å². The Morgan fingerprint density at radius 2 is 1.31 bits per heavy atom. The van der Waals surface area contributed by atoms with Crippen molar-refractivity contribution in [2.45, 2.75) is 71.5 Å². The predicted octanol–water partition coefficient (Wildman–Crippen LogP) is 4.38. The van der Waals surface area contributed by atoms with E-state index in [0.29, 0.717) is 5.92 Å². The normalized spacial score (nSPS) is 13.3. The van der Waals surface area contributed by atoms with Crippen LogP contribution in [0.5, 0.6) is 0 Å². The average Bonchev–Trinajstić information content (AvgIpc) is 2.29. The van der Waals surface area contributed by atoms with Gasteiger partial charge in [-0.05, 0) is 6.42 Å². The third-order valence-corrected chi connectivity index (χ3v) is 3.19. The molecule has 98 valence electrons. The molecule has 0 heterocycles. The van der Waals surface area contributed by atoms with Crippen LogP contribution in [0.4, 0.5) is 0 Å². The van der Waals surface area contributed by atoms with E-state index in [4.69, 9.17) is 9.47 Å². The Morgan fingerprint density at radius 3 is 1.81 bits per heavy atom. The van der Waals surface area contributed by atoms with Crippen molar-refractivity contribution in [3.05, 3.63) is 0 Å². The number of rotatable bonds is 11. The van der Waals surface area contributed by atoms with E-state index in [-0.39, 0.29) is 6.29 Å². The summed E-state index contributed by atoms with van der Waals surface area (Å²) in [7, 11) is 3.44. The van der Waals surface area contributed by atoms with Crippen LogP contribution in [0.3, 0.4) is 0 Å². The first kappa shape index (κ1) is 15.9. The fourth-order valence-corrected chi connectivity index (χ4v) is 2.12. The molecule has 0 saturated carbocycles. The van der Waals surface area contributed by atoms with Crippen molar-refractivity contribution in [2.24, 2.45) is 5.92 Å². The molecule has 0 aliphatic rings. The Kier molecular flexibility index (Phi) is 11.3. The Balaban J connectivity index is 3.30. The van der Waals surface area contributed by atoms with Crippen LogP contribution in [0.25, 0.3) is 0 Å². The molecule has 0 amide bonds. The zero-order valence-corrected chi connectivity index (χ0v) is 11.6. The first-order valence-electron chi connectivity index (χ1n) is 6.81. The number of hydrogen-bond acceptors (Lipinski definition) is 2. The van der Waals surface area contributed by atoms with Crippen LogP contribution in [-0.4, -0.2) is 20.5 Å². The lowest BCUT2D eigenvalue weighted by Gasteiger charge is -2.20. The molecule has 0 aliphatic heterocycles. The number of ether oxygens (including phenoxy) is 2. The second-order valence-electron chi connectivity index (χ2n) is 4.73. The van der Waals surface area contributed by atoms with Crippen molar-refractivity contribution in [3.8, 4) is 0 Å². The van der Waals surface area contributed by atoms with Crippen LogP contribution in [0.15, 0.2) is 0 Å². The molecule has 2 nitrogen and oxygen atoms in total. The van der Waals surface area contributed by atoms with E-state index >= 15 is 0 Å². The molecule has 0 N–H and O–H groups in total. The van der Waals surface area contributed by atoms with Gasteiger partial charge in [-0.2, -0.15) is 0 Å². The smallest absolute Gasteiger partial charge is 0.159 e. The molecular weight excluding hydrogens is 200 g/mol. The molecule has 0 aliphatic carbocycles. The minimum absolute atomic E-state index is 0.0277. The molecule has 0 aromatic carbocycles. The molecule has 16 heavy (non-hydrogen) atoms. The molecule has 0 bridgehead atoms. The van der Waals surface area contributed by atoms with Gasteiger partial charge in [0.15, 0.2) is 6.29 Å². The number of unbranched alkanes of at least 4 members (excludes halogenated alkanes) is 6. The van der Waals surface area contributed by atoms with Crippen LogP contribution in [-0.2, 0) is 9.47 Å². The van der Waals surface area contributed by atoms with Crippen LogP contribution in [0.1, 0.15) is 65.2 Å². The molecule has 0 saturated heterocycles. The van der Waals surface area contributed by atoms with Gasteiger partial charge >= 0.3 is 0 Å². The van der Waals surface area contributed by atoms with Crippen molar-refractivity contribution in [2.75, 3.05) is 14.2 Å². The molecular formula is C14H30O2. The van der Waals surface area contributed by atoms with Crippen molar-refractivity contribution in [1.29, 1.82) is 0 Å². The summed E-state index contributed by atoms with van der Waals surface area (Å²) in [5.74, 6) is 0.505. The molecule has 1 atom stereocenters. The summed E-state index contributed by atoms with van der Waals surface area (Å²) in [4.78, 5) is 0. The summed E-state index contributed by atoms with van der Waals surface area (Å²) >= 11 is 0. The highest BCUT2D eigenvalue weighted by Gasteiger charge is 2.14. The van der Waals surface area contributed by atoms with E-state index in [9.17, 15) is 0 Å². The zero-order chi connectivity index (χ0) is 12.2. The van der Waals surface area contributed by atoms with Crippen molar-refractivity contribution in [1.82, 2.24) is 0 Å². The third kappa shape index (κ3) is 8.12. The highest BCUT2D eigenvalue weighted by Crippen LogP contribution is 2.17. The standard InChI is InChI=1S/C14H30O2/c1-5-6-7-8-9-10-11-12-13(2)14(15-3)16-4/h13-14H,5-12H2,1-4H3/t13-/m0/s1. The molecule has 0 spiro atoms. The molecule has 0 radical (unpaired) electrons. The van der Waals surface area contributed by atoms with E-state index in [1.807, 2.05) is 0 Å². The van der Waals surface area contributed by atoms with Gasteiger partial charge in [-0.3, -0.25) is 0 Å². The lowest BCUT2D eigenvalue weighted by molar-refractivity contribution is -0.134. The van der Waals surface area contributed by atoms with E-state index in [0.717, 1.165) is 0 Å². The number of methoxy groups -OCH3 is 2. The third-order valence-electron chi connectivity index (χ3n) is 3.19. The van der Waals surface area contributed by atoms with Gasteiger partial charge in [0.1, 0.15) is 0 Å². The molecule has 0 unspecified atom stereocenters. The van der Waals surface area contributed by atoms with Gasteiger partial charge in [0.25, 0.3) is 0 Å². The molecule has 0 aromatic heterocycles. The monoisotopic (exact) mass is 230 g/mol. The van der Waals surface area contributed by atoms with Gasteiger partial charge < -0.3 is 9.47 Å². The minimum Gasteiger partial charge on any atom is -0.356 e. The summed E-state index contributed by atoms with van der Waals surface area (Å²) in [5, 5.41) is 0. The summed E-state index contributed by atoms with van der Waals surface area (Å²) in [6.45, 7) is 4.46. The van der Waals surface area contributed by atoms with Crippen molar-refractivity contribution < 1.29 is 9.47 Å². The van der Waals surface area contributed by atoms with Gasteiger partial charge in [0.2, 0.25) is 0 Å². The molecule has 0 fully saturated rings. The van der Waals surface area contributed by atoms with Crippen molar-refractivity contribution in [3.63, 3.8) is 0 Å². The van der Waals surface area contributed by atoms with Crippen LogP contribution >= 0.6 is 0 Å². The summed E-state index contributed by atoms with van der Waals surface area (Å²) in [6, 6.07) is 0. The Morgan fingerprint density at radius 1 is 0.812 bits per heavy atom. The Bertz CT molecular complexity index is 133. The van der Waals surface area contributed by atoms with Gasteiger partial charge in [0, 0.05) is 20.1 Å². The summed E-state index contributed by atoms with van der Waals surface area (Å²) in [5.41, 5.74) is 0. The van der Waals surface area contributed by atoms with E-state index in [1.54, 1.807) is 14.2 Å². The van der Waals surface area contributed by atoms with Crippen LogP contribution in [0, 0.1) is 5.92 Å². The topological polar surface area (TPSA) is 18.5 Å². The van der Waals surface area contributed by atoms with E-state index in [1.165, 1.54) is 51.4 Å². The van der Waals surface area contributed by atoms with Gasteiger partial charge in [-0.1, -0.05) is 58.8 Å². The second kappa shape index (κ2) is 11.4. The lowest BCUT2D eigenvalue weighted by atomic mass is 10.0. The average molecular weight is 230 g/mol. The highest BCUT2D eigenvalue weighted by atomic mass is 16.7. The van der Waals surface area contributed by atoms with Gasteiger partial charge in [-0.25, -0.2) is 0 Å². The Hall–Kier alpha value is -0.0800.